The Hall–Kier alpha value is -1.79. The van der Waals surface area contributed by atoms with E-state index in [0.29, 0.717) is 45.2 Å². The van der Waals surface area contributed by atoms with Crippen molar-refractivity contribution in [3.63, 3.8) is 0 Å². The smallest absolute Gasteiger partial charge is 0.326 e. The highest BCUT2D eigenvalue weighted by Crippen LogP contribution is 2.17. The Morgan fingerprint density at radius 2 is 2.06 bits per heavy atom. The molecule has 1 saturated heterocycles. The molecule has 0 radical (unpaired) electrons. The second kappa shape index (κ2) is 6.83. The van der Waals surface area contributed by atoms with E-state index in [4.69, 9.17) is 10.8 Å². The number of nitrogens with two attached hydrogens (primary N) is 1. The number of carboxylic acids is 1. The van der Waals surface area contributed by atoms with Crippen LogP contribution in [0.2, 0.25) is 0 Å². The lowest BCUT2D eigenvalue weighted by molar-refractivity contribution is -0.141. The molecule has 0 aliphatic carbocycles. The van der Waals surface area contributed by atoms with Gasteiger partial charge in [-0.2, -0.15) is 0 Å². The van der Waals surface area contributed by atoms with Crippen LogP contribution in [0.3, 0.4) is 0 Å². The van der Waals surface area contributed by atoms with Crippen molar-refractivity contribution in [1.82, 2.24) is 10.2 Å². The van der Waals surface area contributed by atoms with Gasteiger partial charge < -0.3 is 21.1 Å². The number of rotatable bonds is 6. The number of carbonyl (C=O) groups is 3. The van der Waals surface area contributed by atoms with Crippen LogP contribution in [0.4, 0.5) is 4.79 Å². The maximum atomic E-state index is 11.7. The van der Waals surface area contributed by atoms with Gasteiger partial charge in [-0.05, 0) is 25.7 Å². The zero-order chi connectivity index (χ0) is 13.5. The zero-order valence-electron chi connectivity index (χ0n) is 10.2. The Kier molecular flexibility index (Phi) is 5.41. The highest BCUT2D eigenvalue weighted by molar-refractivity contribution is 5.83. The Labute approximate surface area is 105 Å². The van der Waals surface area contributed by atoms with E-state index in [9.17, 15) is 14.4 Å². The number of aliphatic carboxylic acids is 1. The van der Waals surface area contributed by atoms with Gasteiger partial charge in [0.05, 0.1) is 0 Å². The van der Waals surface area contributed by atoms with E-state index in [-0.39, 0.29) is 11.9 Å². The average Bonchev–Trinajstić information content (AvgIpc) is 2.76. The monoisotopic (exact) mass is 257 g/mol. The van der Waals surface area contributed by atoms with Crippen LogP contribution in [0.15, 0.2) is 0 Å². The molecular weight excluding hydrogens is 238 g/mol. The Bertz CT molecular complexity index is 332. The van der Waals surface area contributed by atoms with E-state index >= 15 is 0 Å². The summed E-state index contributed by atoms with van der Waals surface area (Å²) in [5, 5.41) is 11.6. The third-order valence-electron chi connectivity index (χ3n) is 2.92. The molecule has 0 aromatic rings. The van der Waals surface area contributed by atoms with Crippen LogP contribution in [0, 0.1) is 0 Å². The summed E-state index contributed by atoms with van der Waals surface area (Å²) in [5.41, 5.74) is 4.99. The Balaban J connectivity index is 2.24. The van der Waals surface area contributed by atoms with Crippen molar-refractivity contribution in [3.8, 4) is 0 Å². The van der Waals surface area contributed by atoms with Crippen LogP contribution >= 0.6 is 0 Å². The molecule has 0 aromatic carbocycles. The van der Waals surface area contributed by atoms with E-state index in [1.165, 1.54) is 4.90 Å². The summed E-state index contributed by atoms with van der Waals surface area (Å²) >= 11 is 0. The normalized spacial score (nSPS) is 18.7. The third kappa shape index (κ3) is 4.23. The van der Waals surface area contributed by atoms with Gasteiger partial charge in [0.2, 0.25) is 5.91 Å². The van der Waals surface area contributed by atoms with E-state index < -0.39 is 12.0 Å². The molecular formula is C11H19N3O4. The number of nitrogens with one attached hydrogen (secondary N) is 1. The molecule has 1 rings (SSSR count). The molecule has 102 valence electrons. The molecule has 1 unspecified atom stereocenters. The van der Waals surface area contributed by atoms with Crippen molar-refractivity contribution in [3.05, 3.63) is 0 Å². The van der Waals surface area contributed by atoms with Crippen LogP contribution in [-0.2, 0) is 9.59 Å². The fourth-order valence-electron chi connectivity index (χ4n) is 1.99. The Morgan fingerprint density at radius 1 is 1.33 bits per heavy atom. The minimum atomic E-state index is -0.962. The van der Waals surface area contributed by atoms with Crippen LogP contribution < -0.4 is 11.1 Å². The topological polar surface area (TPSA) is 113 Å². The number of nitrogens with zero attached hydrogens (tertiary/aromatic N) is 1. The Morgan fingerprint density at radius 3 is 2.67 bits per heavy atom. The van der Waals surface area contributed by atoms with Gasteiger partial charge in [0, 0.05) is 19.5 Å². The number of unbranched alkanes of at least 4 members (excludes halogenated alkanes) is 1. The van der Waals surface area contributed by atoms with E-state index in [1.54, 1.807) is 0 Å². The molecule has 18 heavy (non-hydrogen) atoms. The van der Waals surface area contributed by atoms with Crippen molar-refractivity contribution in [1.29, 1.82) is 0 Å². The van der Waals surface area contributed by atoms with Crippen LogP contribution in [0.5, 0.6) is 0 Å². The van der Waals surface area contributed by atoms with Gasteiger partial charge in [-0.25, -0.2) is 9.59 Å². The molecule has 0 saturated carbocycles. The van der Waals surface area contributed by atoms with E-state index in [0.717, 1.165) is 0 Å². The maximum absolute atomic E-state index is 11.7. The predicted molar refractivity (Wildman–Crippen MR) is 63.8 cm³/mol. The molecule has 7 heteroatoms. The van der Waals surface area contributed by atoms with Gasteiger partial charge >= 0.3 is 12.0 Å². The average molecular weight is 257 g/mol. The van der Waals surface area contributed by atoms with Gasteiger partial charge in [0.15, 0.2) is 0 Å². The minimum Gasteiger partial charge on any atom is -0.480 e. The minimum absolute atomic E-state index is 0.303. The number of primary amides is 1. The van der Waals surface area contributed by atoms with Crippen molar-refractivity contribution < 1.29 is 19.5 Å². The van der Waals surface area contributed by atoms with E-state index in [1.807, 2.05) is 0 Å². The molecule has 0 spiro atoms. The van der Waals surface area contributed by atoms with Crippen molar-refractivity contribution in [2.75, 3.05) is 13.1 Å². The molecule has 1 fully saturated rings. The standard InChI is InChI=1S/C11H19N3O4/c12-9(15)5-1-2-6-13-11(18)14-7-3-4-8(14)10(16)17/h8H,1-7H2,(H2,12,15)(H,13,18)(H,16,17). The fraction of sp³-hybridized carbons (Fsp3) is 0.727. The summed E-state index contributed by atoms with van der Waals surface area (Å²) < 4.78 is 0. The number of hydrogen-bond donors (Lipinski definition) is 3. The van der Waals surface area contributed by atoms with Crippen LogP contribution in [-0.4, -0.2) is 47.0 Å². The lowest BCUT2D eigenvalue weighted by Crippen LogP contribution is -2.46. The molecule has 4 N–H and O–H groups in total. The van der Waals surface area contributed by atoms with Gasteiger partial charge in [-0.3, -0.25) is 4.79 Å². The van der Waals surface area contributed by atoms with Gasteiger partial charge in [0.25, 0.3) is 0 Å². The third-order valence-corrected chi connectivity index (χ3v) is 2.92. The van der Waals surface area contributed by atoms with E-state index in [2.05, 4.69) is 5.32 Å². The zero-order valence-corrected chi connectivity index (χ0v) is 10.2. The largest absolute Gasteiger partial charge is 0.480 e. The van der Waals surface area contributed by atoms with Crippen molar-refractivity contribution in [2.45, 2.75) is 38.1 Å². The summed E-state index contributed by atoms with van der Waals surface area (Å²) in [7, 11) is 0. The van der Waals surface area contributed by atoms with Crippen LogP contribution in [0.25, 0.3) is 0 Å². The summed E-state index contributed by atoms with van der Waals surface area (Å²) in [6.07, 6.45) is 2.80. The first kappa shape index (κ1) is 14.3. The van der Waals surface area contributed by atoms with Crippen molar-refractivity contribution in [2.24, 2.45) is 5.73 Å². The number of carbonyl (C=O) groups excluding carboxylic acids is 2. The molecule has 1 aliphatic rings. The SMILES string of the molecule is NC(=O)CCCCNC(=O)N1CCCC1C(=O)O. The second-order valence-electron chi connectivity index (χ2n) is 4.35. The lowest BCUT2D eigenvalue weighted by atomic mass is 10.2. The molecule has 7 nitrogen and oxygen atoms in total. The number of likely N-dealkylation sites (tertiary alicyclic amines) is 1. The summed E-state index contributed by atoms with van der Waals surface area (Å²) in [6.45, 7) is 0.902. The maximum Gasteiger partial charge on any atom is 0.326 e. The quantitative estimate of drug-likeness (QED) is 0.577. The van der Waals surface area contributed by atoms with Gasteiger partial charge in [-0.15, -0.1) is 0 Å². The molecule has 1 heterocycles. The fourth-order valence-corrected chi connectivity index (χ4v) is 1.99. The number of carboxylic acid groups (broad SMARTS) is 1. The second-order valence-corrected chi connectivity index (χ2v) is 4.35. The van der Waals surface area contributed by atoms with Gasteiger partial charge in [0.1, 0.15) is 6.04 Å². The van der Waals surface area contributed by atoms with Crippen molar-refractivity contribution >= 4 is 17.9 Å². The molecule has 1 atom stereocenters. The van der Waals surface area contributed by atoms with Gasteiger partial charge in [-0.1, -0.05) is 0 Å². The molecule has 0 aromatic heterocycles. The first-order chi connectivity index (χ1) is 8.52. The first-order valence-electron chi connectivity index (χ1n) is 6.08. The number of hydrogen-bond acceptors (Lipinski definition) is 3. The summed E-state index contributed by atoms with van der Waals surface area (Å²) in [5.74, 6) is -1.32. The predicted octanol–water partition coefficient (Wildman–Crippen LogP) is -0.0994. The summed E-state index contributed by atoms with van der Waals surface area (Å²) in [4.78, 5) is 34.4. The lowest BCUT2D eigenvalue weighted by Gasteiger charge is -2.21. The molecule has 3 amide bonds. The highest BCUT2D eigenvalue weighted by Gasteiger charge is 2.33. The highest BCUT2D eigenvalue weighted by atomic mass is 16.4. The van der Waals surface area contributed by atoms with Crippen LogP contribution in [0.1, 0.15) is 32.1 Å². The molecule has 0 bridgehead atoms. The summed E-state index contributed by atoms with van der Waals surface area (Å²) in [6, 6.07) is -1.06. The molecule has 1 aliphatic heterocycles. The first-order valence-corrected chi connectivity index (χ1v) is 6.08. The number of urea groups is 1. The number of amides is 3.